The standard InChI is InChI=1S/C15H22F3N3O.HI/c1-11(2)8-20-14(19-3)21-9-12-6-4-5-7-13(12)22-10-15(16,17)18;/h4-7,11H,8-10H2,1-3H3,(H2,19,20,21);1H. The number of hydrogen-bond donors (Lipinski definition) is 2. The fourth-order valence-electron chi connectivity index (χ4n) is 1.65. The number of ether oxygens (including phenoxy) is 1. The fourth-order valence-corrected chi connectivity index (χ4v) is 1.65. The molecule has 0 heterocycles. The van der Waals surface area contributed by atoms with Crippen LogP contribution in [0.15, 0.2) is 29.3 Å². The van der Waals surface area contributed by atoms with Gasteiger partial charge in [-0.2, -0.15) is 13.2 Å². The average molecular weight is 445 g/mol. The zero-order valence-corrected chi connectivity index (χ0v) is 15.7. The predicted octanol–water partition coefficient (Wildman–Crippen LogP) is 3.57. The van der Waals surface area contributed by atoms with E-state index in [1.165, 1.54) is 6.07 Å². The molecule has 23 heavy (non-hydrogen) atoms. The van der Waals surface area contributed by atoms with Gasteiger partial charge < -0.3 is 15.4 Å². The summed E-state index contributed by atoms with van der Waals surface area (Å²) in [5, 5.41) is 6.19. The molecule has 0 aliphatic rings. The van der Waals surface area contributed by atoms with E-state index in [4.69, 9.17) is 4.74 Å². The van der Waals surface area contributed by atoms with Crippen LogP contribution >= 0.6 is 24.0 Å². The summed E-state index contributed by atoms with van der Waals surface area (Å²) in [4.78, 5) is 4.06. The minimum Gasteiger partial charge on any atom is -0.484 e. The second kappa shape index (κ2) is 10.6. The molecule has 1 aromatic rings. The van der Waals surface area contributed by atoms with E-state index < -0.39 is 12.8 Å². The Kier molecular flexibility index (Phi) is 10.0. The van der Waals surface area contributed by atoms with Gasteiger partial charge in [-0.3, -0.25) is 4.99 Å². The Balaban J connectivity index is 0.00000484. The second-order valence-electron chi connectivity index (χ2n) is 5.21. The van der Waals surface area contributed by atoms with Crippen LogP contribution in [0.5, 0.6) is 5.75 Å². The van der Waals surface area contributed by atoms with Crippen molar-refractivity contribution in [3.63, 3.8) is 0 Å². The molecule has 2 N–H and O–H groups in total. The lowest BCUT2D eigenvalue weighted by Gasteiger charge is -2.16. The van der Waals surface area contributed by atoms with Crippen molar-refractivity contribution in [2.45, 2.75) is 26.6 Å². The summed E-state index contributed by atoms with van der Waals surface area (Å²) in [6, 6.07) is 6.63. The number of nitrogens with zero attached hydrogens (tertiary/aromatic N) is 1. The van der Waals surface area contributed by atoms with Gasteiger partial charge in [0, 0.05) is 25.7 Å². The molecule has 0 saturated heterocycles. The first-order valence-electron chi connectivity index (χ1n) is 7.04. The highest BCUT2D eigenvalue weighted by Gasteiger charge is 2.28. The van der Waals surface area contributed by atoms with Gasteiger partial charge in [0.05, 0.1) is 0 Å². The SMILES string of the molecule is CN=C(NCc1ccccc1OCC(F)(F)F)NCC(C)C.I. The first-order valence-corrected chi connectivity index (χ1v) is 7.04. The molecule has 8 heteroatoms. The van der Waals surface area contributed by atoms with Crippen molar-refractivity contribution in [3.05, 3.63) is 29.8 Å². The third-order valence-corrected chi connectivity index (χ3v) is 2.71. The maximum absolute atomic E-state index is 12.2. The van der Waals surface area contributed by atoms with Crippen LogP contribution < -0.4 is 15.4 Å². The quantitative estimate of drug-likeness (QED) is 0.400. The number of guanidine groups is 1. The number of benzene rings is 1. The van der Waals surface area contributed by atoms with E-state index in [1.54, 1.807) is 25.2 Å². The highest BCUT2D eigenvalue weighted by Crippen LogP contribution is 2.21. The zero-order chi connectivity index (χ0) is 16.6. The molecule has 4 nitrogen and oxygen atoms in total. The van der Waals surface area contributed by atoms with E-state index in [-0.39, 0.29) is 29.7 Å². The third kappa shape index (κ3) is 9.52. The third-order valence-electron chi connectivity index (χ3n) is 2.71. The van der Waals surface area contributed by atoms with Crippen LogP contribution in [0.3, 0.4) is 0 Å². The Morgan fingerprint density at radius 3 is 2.43 bits per heavy atom. The van der Waals surface area contributed by atoms with Gasteiger partial charge in [-0.25, -0.2) is 0 Å². The largest absolute Gasteiger partial charge is 0.484 e. The predicted molar refractivity (Wildman–Crippen MR) is 96.4 cm³/mol. The van der Waals surface area contributed by atoms with Gasteiger partial charge >= 0.3 is 6.18 Å². The van der Waals surface area contributed by atoms with Gasteiger partial charge in [-0.05, 0) is 12.0 Å². The molecule has 0 fully saturated rings. The summed E-state index contributed by atoms with van der Waals surface area (Å²) in [7, 11) is 1.64. The van der Waals surface area contributed by atoms with Gasteiger partial charge in [-0.1, -0.05) is 32.0 Å². The topological polar surface area (TPSA) is 45.7 Å². The van der Waals surface area contributed by atoms with E-state index in [1.807, 2.05) is 0 Å². The van der Waals surface area contributed by atoms with Gasteiger partial charge in [-0.15, -0.1) is 24.0 Å². The molecule has 0 radical (unpaired) electrons. The van der Waals surface area contributed by atoms with Gasteiger partial charge in [0.15, 0.2) is 12.6 Å². The molecule has 0 saturated carbocycles. The normalized spacial score (nSPS) is 11.9. The molecule has 1 rings (SSSR count). The molecule has 0 unspecified atom stereocenters. The molecule has 0 amide bonds. The summed E-state index contributed by atoms with van der Waals surface area (Å²) in [6.07, 6.45) is -4.35. The molecule has 132 valence electrons. The van der Waals surface area contributed by atoms with E-state index in [9.17, 15) is 13.2 Å². The van der Waals surface area contributed by atoms with Crippen molar-refractivity contribution in [1.82, 2.24) is 10.6 Å². The highest BCUT2D eigenvalue weighted by molar-refractivity contribution is 14.0. The van der Waals surface area contributed by atoms with Crippen LogP contribution in [0.4, 0.5) is 13.2 Å². The Bertz CT molecular complexity index is 493. The minimum atomic E-state index is -4.35. The molecule has 0 aliphatic heterocycles. The Morgan fingerprint density at radius 1 is 1.22 bits per heavy atom. The number of alkyl halides is 3. The Morgan fingerprint density at radius 2 is 1.87 bits per heavy atom. The van der Waals surface area contributed by atoms with Crippen molar-refractivity contribution in [2.24, 2.45) is 10.9 Å². The van der Waals surface area contributed by atoms with E-state index >= 15 is 0 Å². The molecule has 0 aromatic heterocycles. The van der Waals surface area contributed by atoms with Gasteiger partial charge in [0.25, 0.3) is 0 Å². The number of nitrogens with one attached hydrogen (secondary N) is 2. The minimum absolute atomic E-state index is 0. The number of para-hydroxylation sites is 1. The molecule has 0 bridgehead atoms. The van der Waals surface area contributed by atoms with Crippen molar-refractivity contribution in [2.75, 3.05) is 20.2 Å². The average Bonchev–Trinajstić information content (AvgIpc) is 2.45. The van der Waals surface area contributed by atoms with Crippen molar-refractivity contribution in [3.8, 4) is 5.75 Å². The Labute approximate surface area is 151 Å². The van der Waals surface area contributed by atoms with Crippen LogP contribution in [0, 0.1) is 5.92 Å². The highest BCUT2D eigenvalue weighted by atomic mass is 127. The van der Waals surface area contributed by atoms with Crippen LogP contribution in [0.2, 0.25) is 0 Å². The van der Waals surface area contributed by atoms with Gasteiger partial charge in [0.2, 0.25) is 0 Å². The van der Waals surface area contributed by atoms with Crippen LogP contribution in [-0.2, 0) is 6.54 Å². The first kappa shape index (κ1) is 21.8. The number of halogens is 4. The molecule has 0 spiro atoms. The summed E-state index contributed by atoms with van der Waals surface area (Å²) < 4.78 is 41.6. The van der Waals surface area contributed by atoms with Crippen molar-refractivity contribution >= 4 is 29.9 Å². The summed E-state index contributed by atoms with van der Waals surface area (Å²) in [6.45, 7) is 3.92. The molecule has 0 aliphatic carbocycles. The molecular weight excluding hydrogens is 422 g/mol. The smallest absolute Gasteiger partial charge is 0.422 e. The summed E-state index contributed by atoms with van der Waals surface area (Å²) in [5.41, 5.74) is 0.638. The summed E-state index contributed by atoms with van der Waals surface area (Å²) in [5.74, 6) is 1.27. The van der Waals surface area contributed by atoms with E-state index in [2.05, 4.69) is 29.5 Å². The molecule has 1 aromatic carbocycles. The van der Waals surface area contributed by atoms with Crippen LogP contribution in [0.25, 0.3) is 0 Å². The lowest BCUT2D eigenvalue weighted by atomic mass is 10.2. The van der Waals surface area contributed by atoms with E-state index in [0.717, 1.165) is 6.54 Å². The molecular formula is C15H23F3IN3O. The number of hydrogen-bond acceptors (Lipinski definition) is 2. The molecule has 0 atom stereocenters. The van der Waals surface area contributed by atoms with Crippen molar-refractivity contribution < 1.29 is 17.9 Å². The van der Waals surface area contributed by atoms with Crippen LogP contribution in [0.1, 0.15) is 19.4 Å². The number of rotatable bonds is 6. The zero-order valence-electron chi connectivity index (χ0n) is 13.4. The van der Waals surface area contributed by atoms with Gasteiger partial charge in [0.1, 0.15) is 5.75 Å². The van der Waals surface area contributed by atoms with Crippen LogP contribution in [-0.4, -0.2) is 32.3 Å². The Hall–Kier alpha value is -1.19. The second-order valence-corrected chi connectivity index (χ2v) is 5.21. The maximum atomic E-state index is 12.2. The van der Waals surface area contributed by atoms with E-state index in [0.29, 0.717) is 24.0 Å². The maximum Gasteiger partial charge on any atom is 0.422 e. The lowest BCUT2D eigenvalue weighted by Crippen LogP contribution is -2.38. The lowest BCUT2D eigenvalue weighted by molar-refractivity contribution is -0.153. The number of aliphatic imine (C=N–C) groups is 1. The fraction of sp³-hybridized carbons (Fsp3) is 0.533. The summed E-state index contributed by atoms with van der Waals surface area (Å²) >= 11 is 0. The first-order chi connectivity index (χ1) is 10.3. The van der Waals surface area contributed by atoms with Crippen molar-refractivity contribution in [1.29, 1.82) is 0 Å². The monoisotopic (exact) mass is 445 g/mol.